The Labute approximate surface area is 149 Å². The minimum atomic E-state index is 0.396. The van der Waals surface area contributed by atoms with Crippen LogP contribution in [-0.2, 0) is 4.74 Å². The van der Waals surface area contributed by atoms with Crippen LogP contribution in [-0.4, -0.2) is 44.7 Å². The maximum Gasteiger partial charge on any atom is 0.183 e. The minimum Gasteiger partial charge on any atom is -0.490 e. The van der Waals surface area contributed by atoms with Gasteiger partial charge in [0.1, 0.15) is 18.4 Å². The number of nitrogens with one attached hydrogen (secondary N) is 1. The first-order valence-corrected chi connectivity index (χ1v) is 8.32. The molecule has 8 heteroatoms. The highest BCUT2D eigenvalue weighted by Crippen LogP contribution is 2.26. The number of benzene rings is 1. The average Bonchev–Trinajstić information content (AvgIpc) is 3.39. The van der Waals surface area contributed by atoms with Gasteiger partial charge in [0.2, 0.25) is 0 Å². The van der Waals surface area contributed by atoms with Crippen molar-refractivity contribution in [3.05, 3.63) is 42.2 Å². The molecule has 1 N–H and O–H groups in total. The van der Waals surface area contributed by atoms with E-state index in [0.29, 0.717) is 42.3 Å². The van der Waals surface area contributed by atoms with E-state index in [2.05, 4.69) is 31.4 Å². The molecule has 1 aliphatic carbocycles. The minimum absolute atomic E-state index is 0.396. The fourth-order valence-corrected chi connectivity index (χ4v) is 2.43. The zero-order chi connectivity index (χ0) is 17.8. The summed E-state index contributed by atoms with van der Waals surface area (Å²) < 4.78 is 11.2. The van der Waals surface area contributed by atoms with E-state index in [-0.39, 0.29) is 0 Å². The molecule has 1 fully saturated rings. The van der Waals surface area contributed by atoms with Gasteiger partial charge in [-0.15, -0.1) is 0 Å². The number of aromatic amines is 1. The molecule has 8 nitrogen and oxygen atoms in total. The lowest BCUT2D eigenvalue weighted by molar-refractivity contribution is 0.0880. The van der Waals surface area contributed by atoms with E-state index in [1.54, 1.807) is 30.6 Å². The van der Waals surface area contributed by atoms with Gasteiger partial charge in [-0.25, -0.2) is 4.98 Å². The smallest absolute Gasteiger partial charge is 0.183 e. The number of aromatic nitrogens is 5. The molecule has 0 bridgehead atoms. The molecule has 0 amide bonds. The van der Waals surface area contributed by atoms with Gasteiger partial charge in [0, 0.05) is 11.1 Å². The molecule has 1 aromatic carbocycles. The van der Waals surface area contributed by atoms with Gasteiger partial charge >= 0.3 is 0 Å². The van der Waals surface area contributed by atoms with Crippen LogP contribution >= 0.6 is 0 Å². The Balaban J connectivity index is 1.48. The van der Waals surface area contributed by atoms with Gasteiger partial charge in [-0.2, -0.15) is 20.6 Å². The van der Waals surface area contributed by atoms with Gasteiger partial charge < -0.3 is 9.47 Å². The molecule has 3 aromatic rings. The second kappa shape index (κ2) is 7.29. The highest BCUT2D eigenvalue weighted by Gasteiger charge is 2.21. The molecule has 2 heterocycles. The molecular weight excluding hydrogens is 332 g/mol. The molecule has 0 spiro atoms. The van der Waals surface area contributed by atoms with Crippen LogP contribution in [0.15, 0.2) is 36.7 Å². The Hall–Kier alpha value is -3.31. The van der Waals surface area contributed by atoms with Crippen LogP contribution in [0, 0.1) is 11.3 Å². The Bertz CT molecular complexity index is 930. The molecule has 0 unspecified atom stereocenters. The summed E-state index contributed by atoms with van der Waals surface area (Å²) in [5.41, 5.74) is 1.96. The third-order valence-electron chi connectivity index (χ3n) is 3.92. The van der Waals surface area contributed by atoms with Gasteiger partial charge in [0.25, 0.3) is 0 Å². The van der Waals surface area contributed by atoms with Crippen molar-refractivity contribution in [2.24, 2.45) is 0 Å². The summed E-state index contributed by atoms with van der Waals surface area (Å²) in [6, 6.07) is 9.27. The maximum atomic E-state index is 9.41. The van der Waals surface area contributed by atoms with Crippen molar-refractivity contribution >= 4 is 0 Å². The van der Waals surface area contributed by atoms with Crippen LogP contribution in [0.1, 0.15) is 18.4 Å². The fraction of sp³-hybridized carbons (Fsp3) is 0.278. The summed E-state index contributed by atoms with van der Waals surface area (Å²) in [5.74, 6) is 1.62. The molecule has 130 valence electrons. The van der Waals surface area contributed by atoms with E-state index < -0.39 is 0 Å². The Morgan fingerprint density at radius 3 is 2.85 bits per heavy atom. The zero-order valence-corrected chi connectivity index (χ0v) is 13.9. The average molecular weight is 348 g/mol. The molecule has 1 aliphatic rings. The molecule has 0 radical (unpaired) electrons. The topological polar surface area (TPSA) is 110 Å². The summed E-state index contributed by atoms with van der Waals surface area (Å²) in [7, 11) is 0. The van der Waals surface area contributed by atoms with E-state index in [0.717, 1.165) is 24.0 Å². The number of nitriles is 1. The number of hydrogen-bond acceptors (Lipinski definition) is 7. The third kappa shape index (κ3) is 3.68. The lowest BCUT2D eigenvalue weighted by Gasteiger charge is -2.09. The normalized spacial score (nSPS) is 13.3. The molecule has 2 aromatic heterocycles. The van der Waals surface area contributed by atoms with Gasteiger partial charge in [-0.3, -0.25) is 5.10 Å². The molecule has 0 aliphatic heterocycles. The summed E-state index contributed by atoms with van der Waals surface area (Å²) in [6.07, 6.45) is 5.83. The van der Waals surface area contributed by atoms with Crippen molar-refractivity contribution in [3.63, 3.8) is 0 Å². The highest BCUT2D eigenvalue weighted by atomic mass is 16.5. The SMILES string of the molecule is N#Cc1cc(-c2nc(-c3ccnnc3)n[nH]2)ccc1OCCOC1CC1. The van der Waals surface area contributed by atoms with Crippen LogP contribution in [0.4, 0.5) is 0 Å². The summed E-state index contributed by atoms with van der Waals surface area (Å²) in [4.78, 5) is 4.45. The summed E-state index contributed by atoms with van der Waals surface area (Å²) in [6.45, 7) is 0.953. The predicted octanol–water partition coefficient (Wildman–Crippen LogP) is 2.36. The third-order valence-corrected chi connectivity index (χ3v) is 3.92. The van der Waals surface area contributed by atoms with Gasteiger partial charge in [0.05, 0.1) is 30.7 Å². The highest BCUT2D eigenvalue weighted by molar-refractivity contribution is 5.64. The number of nitrogens with zero attached hydrogens (tertiary/aromatic N) is 5. The molecule has 0 saturated heterocycles. The zero-order valence-electron chi connectivity index (χ0n) is 13.9. The number of hydrogen-bond donors (Lipinski definition) is 1. The van der Waals surface area contributed by atoms with Crippen molar-refractivity contribution in [2.75, 3.05) is 13.2 Å². The predicted molar refractivity (Wildman–Crippen MR) is 92.0 cm³/mol. The second-order valence-electron chi connectivity index (χ2n) is 5.88. The lowest BCUT2D eigenvalue weighted by Crippen LogP contribution is -2.08. The van der Waals surface area contributed by atoms with Crippen molar-refractivity contribution in [1.29, 1.82) is 5.26 Å². The Kier molecular flexibility index (Phi) is 4.53. The lowest BCUT2D eigenvalue weighted by atomic mass is 10.1. The van der Waals surface area contributed by atoms with E-state index in [1.807, 2.05) is 6.07 Å². The van der Waals surface area contributed by atoms with E-state index in [1.165, 1.54) is 0 Å². The van der Waals surface area contributed by atoms with Crippen molar-refractivity contribution in [1.82, 2.24) is 25.4 Å². The van der Waals surface area contributed by atoms with Crippen LogP contribution < -0.4 is 4.74 Å². The number of rotatable bonds is 7. The Morgan fingerprint density at radius 1 is 1.15 bits per heavy atom. The maximum absolute atomic E-state index is 9.41. The van der Waals surface area contributed by atoms with Crippen molar-refractivity contribution < 1.29 is 9.47 Å². The van der Waals surface area contributed by atoms with E-state index in [4.69, 9.17) is 9.47 Å². The summed E-state index contributed by atoms with van der Waals surface area (Å²) >= 11 is 0. The number of ether oxygens (including phenoxy) is 2. The second-order valence-corrected chi connectivity index (χ2v) is 5.88. The van der Waals surface area contributed by atoms with Gasteiger partial charge in [-0.1, -0.05) is 0 Å². The monoisotopic (exact) mass is 348 g/mol. The van der Waals surface area contributed by atoms with Crippen LogP contribution in [0.3, 0.4) is 0 Å². The van der Waals surface area contributed by atoms with Crippen LogP contribution in [0.2, 0.25) is 0 Å². The molecule has 1 saturated carbocycles. The first kappa shape index (κ1) is 16.2. The van der Waals surface area contributed by atoms with Crippen molar-refractivity contribution in [2.45, 2.75) is 18.9 Å². The van der Waals surface area contributed by atoms with E-state index in [9.17, 15) is 5.26 Å². The van der Waals surface area contributed by atoms with Crippen LogP contribution in [0.25, 0.3) is 22.8 Å². The molecule has 4 rings (SSSR count). The quantitative estimate of drug-likeness (QED) is 0.653. The number of H-pyrrole nitrogens is 1. The Morgan fingerprint density at radius 2 is 2.08 bits per heavy atom. The van der Waals surface area contributed by atoms with Crippen LogP contribution in [0.5, 0.6) is 5.75 Å². The van der Waals surface area contributed by atoms with Gasteiger partial charge in [-0.05, 0) is 37.1 Å². The fourth-order valence-electron chi connectivity index (χ4n) is 2.43. The molecule has 26 heavy (non-hydrogen) atoms. The first-order chi connectivity index (χ1) is 12.8. The molecular formula is C18H16N6O2. The van der Waals surface area contributed by atoms with E-state index >= 15 is 0 Å². The largest absolute Gasteiger partial charge is 0.490 e. The van der Waals surface area contributed by atoms with Crippen molar-refractivity contribution in [3.8, 4) is 34.6 Å². The standard InChI is InChI=1S/C18H16N6O2/c19-10-14-9-12(1-4-16(14)26-8-7-25-15-2-3-15)17-22-18(24-23-17)13-5-6-20-21-11-13/h1,4-6,9,11,15H,2-3,7-8H2,(H,22,23,24). The first-order valence-electron chi connectivity index (χ1n) is 8.32. The summed E-state index contributed by atoms with van der Waals surface area (Å²) in [5, 5.41) is 24.0. The molecule has 0 atom stereocenters. The van der Waals surface area contributed by atoms with Gasteiger partial charge in [0.15, 0.2) is 11.6 Å².